The molecular formula is C24H24N2O3S. The van der Waals surface area contributed by atoms with Gasteiger partial charge < -0.3 is 15.0 Å². The number of ether oxygens (including phenoxy) is 1. The number of benzene rings is 2. The maximum Gasteiger partial charge on any atom is 0.349 e. The van der Waals surface area contributed by atoms with E-state index in [2.05, 4.69) is 16.3 Å². The molecule has 4 rings (SSSR count). The summed E-state index contributed by atoms with van der Waals surface area (Å²) >= 11 is 1.31. The van der Waals surface area contributed by atoms with E-state index in [0.29, 0.717) is 4.88 Å². The fourth-order valence-corrected chi connectivity index (χ4v) is 4.46. The van der Waals surface area contributed by atoms with Gasteiger partial charge in [0.25, 0.3) is 5.91 Å². The molecule has 0 unspecified atom stereocenters. The highest BCUT2D eigenvalue weighted by molar-refractivity contribution is 7.12. The Labute approximate surface area is 180 Å². The van der Waals surface area contributed by atoms with Crippen LogP contribution in [0.25, 0.3) is 11.1 Å². The van der Waals surface area contributed by atoms with Crippen LogP contribution >= 0.6 is 11.3 Å². The van der Waals surface area contributed by atoms with Crippen LogP contribution in [-0.4, -0.2) is 31.6 Å². The molecule has 1 N–H and O–H groups in total. The van der Waals surface area contributed by atoms with E-state index in [1.54, 1.807) is 0 Å². The van der Waals surface area contributed by atoms with Crippen molar-refractivity contribution in [2.24, 2.45) is 0 Å². The number of amides is 1. The summed E-state index contributed by atoms with van der Waals surface area (Å²) in [5.74, 6) is -0.835. The molecule has 30 heavy (non-hydrogen) atoms. The summed E-state index contributed by atoms with van der Waals surface area (Å²) in [6.45, 7) is 3.81. The van der Waals surface area contributed by atoms with Crippen LogP contribution in [0.4, 0.5) is 11.4 Å². The van der Waals surface area contributed by atoms with Gasteiger partial charge in [-0.25, -0.2) is 4.79 Å². The monoisotopic (exact) mass is 420 g/mol. The molecule has 1 aliphatic heterocycles. The molecule has 1 saturated heterocycles. The summed E-state index contributed by atoms with van der Waals surface area (Å²) in [4.78, 5) is 27.7. The number of nitrogens with one attached hydrogen (secondary N) is 1. The first-order valence-electron chi connectivity index (χ1n) is 10.1. The van der Waals surface area contributed by atoms with Gasteiger partial charge in [0.05, 0.1) is 0 Å². The fraction of sp³-hybridized carbons (Fsp3) is 0.250. The van der Waals surface area contributed by atoms with E-state index >= 15 is 0 Å². The number of thiophene rings is 1. The Balaban J connectivity index is 1.35. The Morgan fingerprint density at radius 1 is 1.07 bits per heavy atom. The lowest BCUT2D eigenvalue weighted by atomic mass is 10.1. The van der Waals surface area contributed by atoms with Gasteiger partial charge in [0, 0.05) is 30.0 Å². The summed E-state index contributed by atoms with van der Waals surface area (Å²) < 4.78 is 5.28. The summed E-state index contributed by atoms with van der Waals surface area (Å²) in [6, 6.07) is 17.6. The molecule has 1 aliphatic rings. The Hall–Kier alpha value is -3.12. The molecule has 1 fully saturated rings. The zero-order valence-corrected chi connectivity index (χ0v) is 17.7. The third-order valence-electron chi connectivity index (χ3n) is 5.23. The van der Waals surface area contributed by atoms with Crippen molar-refractivity contribution in [3.05, 3.63) is 70.4 Å². The van der Waals surface area contributed by atoms with Gasteiger partial charge in [0.15, 0.2) is 6.61 Å². The van der Waals surface area contributed by atoms with E-state index in [1.165, 1.54) is 29.9 Å². The van der Waals surface area contributed by atoms with Gasteiger partial charge in [-0.15, -0.1) is 11.3 Å². The number of carbonyl (C=O) groups excluding carboxylic acids is 2. The van der Waals surface area contributed by atoms with Crippen molar-refractivity contribution in [1.82, 2.24) is 0 Å². The van der Waals surface area contributed by atoms with Crippen molar-refractivity contribution in [1.29, 1.82) is 0 Å². The van der Waals surface area contributed by atoms with E-state index in [1.807, 2.05) is 60.8 Å². The van der Waals surface area contributed by atoms with Crippen LogP contribution in [-0.2, 0) is 9.53 Å². The van der Waals surface area contributed by atoms with Gasteiger partial charge >= 0.3 is 5.97 Å². The molecule has 2 aromatic carbocycles. The summed E-state index contributed by atoms with van der Waals surface area (Å²) in [5, 5.41) is 4.70. The second-order valence-electron chi connectivity index (χ2n) is 7.35. The minimum absolute atomic E-state index is 0.321. The van der Waals surface area contributed by atoms with Crippen LogP contribution in [0.2, 0.25) is 0 Å². The van der Waals surface area contributed by atoms with Crippen molar-refractivity contribution in [2.45, 2.75) is 19.8 Å². The molecular weight excluding hydrogens is 396 g/mol. The lowest BCUT2D eigenvalue weighted by Gasteiger charge is -2.19. The Morgan fingerprint density at radius 3 is 2.57 bits per heavy atom. The molecule has 0 aliphatic carbocycles. The molecule has 0 spiro atoms. The first kappa shape index (κ1) is 20.2. The van der Waals surface area contributed by atoms with E-state index in [4.69, 9.17) is 4.74 Å². The van der Waals surface area contributed by atoms with Gasteiger partial charge in [-0.05, 0) is 60.5 Å². The van der Waals surface area contributed by atoms with E-state index in [0.717, 1.165) is 35.5 Å². The molecule has 0 bridgehead atoms. The Morgan fingerprint density at radius 2 is 1.83 bits per heavy atom. The van der Waals surface area contributed by atoms with Gasteiger partial charge in [0.2, 0.25) is 0 Å². The minimum Gasteiger partial charge on any atom is -0.451 e. The lowest BCUT2D eigenvalue weighted by Crippen LogP contribution is -2.21. The van der Waals surface area contributed by atoms with Crippen molar-refractivity contribution in [3.8, 4) is 11.1 Å². The lowest BCUT2D eigenvalue weighted by molar-refractivity contribution is -0.119. The molecule has 1 aromatic heterocycles. The highest BCUT2D eigenvalue weighted by Crippen LogP contribution is 2.29. The van der Waals surface area contributed by atoms with E-state index < -0.39 is 5.97 Å². The van der Waals surface area contributed by atoms with Crippen LogP contribution in [0.1, 0.15) is 28.1 Å². The highest BCUT2D eigenvalue weighted by atomic mass is 32.1. The topological polar surface area (TPSA) is 58.6 Å². The zero-order valence-electron chi connectivity index (χ0n) is 16.9. The number of hydrogen-bond donors (Lipinski definition) is 1. The second kappa shape index (κ2) is 9.13. The van der Waals surface area contributed by atoms with Crippen LogP contribution in [0.3, 0.4) is 0 Å². The Kier molecular flexibility index (Phi) is 6.14. The maximum atomic E-state index is 12.5. The molecule has 3 aromatic rings. The number of esters is 1. The van der Waals surface area contributed by atoms with Crippen molar-refractivity contribution in [3.63, 3.8) is 0 Å². The van der Waals surface area contributed by atoms with Gasteiger partial charge in [-0.2, -0.15) is 0 Å². The number of aryl methyl sites for hydroxylation is 1. The molecule has 6 heteroatoms. The predicted molar refractivity (Wildman–Crippen MR) is 121 cm³/mol. The van der Waals surface area contributed by atoms with Crippen molar-refractivity contribution >= 4 is 34.6 Å². The van der Waals surface area contributed by atoms with Crippen molar-refractivity contribution < 1.29 is 14.3 Å². The number of carbonyl (C=O) groups is 2. The summed E-state index contributed by atoms with van der Waals surface area (Å²) in [5.41, 5.74) is 4.67. The van der Waals surface area contributed by atoms with Gasteiger partial charge in [0.1, 0.15) is 4.88 Å². The van der Waals surface area contributed by atoms with E-state index in [-0.39, 0.29) is 12.5 Å². The average Bonchev–Trinajstić information content (AvgIpc) is 3.46. The average molecular weight is 421 g/mol. The Bertz CT molecular complexity index is 1040. The number of anilines is 2. The summed E-state index contributed by atoms with van der Waals surface area (Å²) in [7, 11) is 0. The molecule has 0 radical (unpaired) electrons. The first-order valence-corrected chi connectivity index (χ1v) is 11.0. The molecule has 154 valence electrons. The largest absolute Gasteiger partial charge is 0.451 e. The smallest absolute Gasteiger partial charge is 0.349 e. The van der Waals surface area contributed by atoms with Crippen LogP contribution < -0.4 is 10.2 Å². The molecule has 5 nitrogen and oxygen atoms in total. The van der Waals surface area contributed by atoms with Crippen LogP contribution in [0.5, 0.6) is 0 Å². The van der Waals surface area contributed by atoms with Crippen LogP contribution in [0.15, 0.2) is 60.0 Å². The number of nitrogens with zero attached hydrogens (tertiary/aromatic N) is 1. The van der Waals surface area contributed by atoms with Gasteiger partial charge in [-0.1, -0.05) is 30.3 Å². The standard InChI is InChI=1S/C24H24N2O3S/c1-17-15-19(26-12-5-6-13-26)9-10-21(17)25-22(27)16-29-24(28)23-20(11-14-30-23)18-7-3-2-4-8-18/h2-4,7-11,14-15H,5-6,12-13,16H2,1H3,(H,25,27). The van der Waals surface area contributed by atoms with E-state index in [9.17, 15) is 9.59 Å². The predicted octanol–water partition coefficient (Wildman–Crippen LogP) is 5.12. The quantitative estimate of drug-likeness (QED) is 0.563. The summed E-state index contributed by atoms with van der Waals surface area (Å²) in [6.07, 6.45) is 2.44. The third kappa shape index (κ3) is 4.54. The maximum absolute atomic E-state index is 12.5. The SMILES string of the molecule is Cc1cc(N2CCCC2)ccc1NC(=O)COC(=O)c1sccc1-c1ccccc1. The molecule has 0 saturated carbocycles. The first-order chi connectivity index (χ1) is 14.6. The molecule has 0 atom stereocenters. The molecule has 1 amide bonds. The second-order valence-corrected chi connectivity index (χ2v) is 8.26. The van der Waals surface area contributed by atoms with Crippen molar-refractivity contribution in [2.75, 3.05) is 29.9 Å². The van der Waals surface area contributed by atoms with Crippen LogP contribution in [0, 0.1) is 6.92 Å². The zero-order chi connectivity index (χ0) is 20.9. The van der Waals surface area contributed by atoms with Gasteiger partial charge in [-0.3, -0.25) is 4.79 Å². The number of rotatable bonds is 6. The minimum atomic E-state index is -0.486. The fourth-order valence-electron chi connectivity index (χ4n) is 3.66. The normalized spacial score (nSPS) is 13.3. The highest BCUT2D eigenvalue weighted by Gasteiger charge is 2.18. The number of hydrogen-bond acceptors (Lipinski definition) is 5. The molecule has 2 heterocycles. The third-order valence-corrected chi connectivity index (χ3v) is 6.12.